The van der Waals surface area contributed by atoms with Crippen LogP contribution in [0.1, 0.15) is 5.56 Å². The Morgan fingerprint density at radius 1 is 1.09 bits per heavy atom. The van der Waals surface area contributed by atoms with E-state index in [4.69, 9.17) is 0 Å². The summed E-state index contributed by atoms with van der Waals surface area (Å²) in [5.74, 6) is 0.402. The van der Waals surface area contributed by atoms with Crippen molar-refractivity contribution in [3.05, 3.63) is 47.7 Å². The number of aryl methyl sites for hydroxylation is 1. The van der Waals surface area contributed by atoms with Crippen LogP contribution in [-0.4, -0.2) is 28.6 Å². The van der Waals surface area contributed by atoms with E-state index in [0.717, 1.165) is 5.56 Å². The van der Waals surface area contributed by atoms with E-state index in [1.807, 2.05) is 6.92 Å². The van der Waals surface area contributed by atoms with Gasteiger partial charge in [-0.1, -0.05) is 29.0 Å². The van der Waals surface area contributed by atoms with E-state index in [-0.39, 0.29) is 9.92 Å². The fourth-order valence-electron chi connectivity index (χ4n) is 1.69. The SMILES string of the molecule is Cc1ccc(S(=O)(=O)c2cnc(Nc3nncs3)cn2)cc1. The normalized spacial score (nSPS) is 11.3. The van der Waals surface area contributed by atoms with Gasteiger partial charge in [0, 0.05) is 0 Å². The molecule has 0 saturated heterocycles. The molecule has 0 unspecified atom stereocenters. The van der Waals surface area contributed by atoms with Crippen LogP contribution in [0.15, 0.2) is 52.1 Å². The third kappa shape index (κ3) is 2.95. The fourth-order valence-corrected chi connectivity index (χ4v) is 3.27. The van der Waals surface area contributed by atoms with Gasteiger partial charge < -0.3 is 5.32 Å². The van der Waals surface area contributed by atoms with Crippen molar-refractivity contribution in [2.75, 3.05) is 5.32 Å². The molecule has 0 bridgehead atoms. The molecule has 3 rings (SSSR count). The predicted molar refractivity (Wildman–Crippen MR) is 81.9 cm³/mol. The fraction of sp³-hybridized carbons (Fsp3) is 0.0769. The lowest BCUT2D eigenvalue weighted by Crippen LogP contribution is -2.06. The monoisotopic (exact) mass is 333 g/mol. The quantitative estimate of drug-likeness (QED) is 0.781. The highest BCUT2D eigenvalue weighted by atomic mass is 32.2. The summed E-state index contributed by atoms with van der Waals surface area (Å²) < 4.78 is 24.9. The van der Waals surface area contributed by atoms with Crippen LogP contribution < -0.4 is 5.32 Å². The zero-order chi connectivity index (χ0) is 15.6. The van der Waals surface area contributed by atoms with Crippen LogP contribution in [0, 0.1) is 6.92 Å². The summed E-state index contributed by atoms with van der Waals surface area (Å²) in [4.78, 5) is 8.21. The number of anilines is 2. The van der Waals surface area contributed by atoms with Gasteiger partial charge in [0.25, 0.3) is 0 Å². The molecule has 0 aliphatic rings. The second-order valence-electron chi connectivity index (χ2n) is 4.43. The van der Waals surface area contributed by atoms with E-state index in [1.54, 1.807) is 29.8 Å². The first-order valence-electron chi connectivity index (χ1n) is 6.23. The lowest BCUT2D eigenvalue weighted by Gasteiger charge is -2.05. The molecule has 3 aromatic rings. The van der Waals surface area contributed by atoms with Crippen LogP contribution in [0.25, 0.3) is 0 Å². The molecule has 0 atom stereocenters. The number of sulfone groups is 1. The lowest BCUT2D eigenvalue weighted by molar-refractivity contribution is 0.591. The van der Waals surface area contributed by atoms with E-state index in [0.29, 0.717) is 10.9 Å². The average molecular weight is 333 g/mol. The number of rotatable bonds is 4. The standard InChI is InChI=1S/C13H11N5O2S2/c1-9-2-4-10(5-3-9)22(19,20)12-7-14-11(6-15-12)17-13-18-16-8-21-13/h2-8H,1H3,(H,14,17,18). The van der Waals surface area contributed by atoms with Crippen molar-refractivity contribution in [2.24, 2.45) is 0 Å². The van der Waals surface area contributed by atoms with Crippen molar-refractivity contribution in [3.8, 4) is 0 Å². The average Bonchev–Trinajstić information content (AvgIpc) is 3.01. The maximum Gasteiger partial charge on any atom is 0.225 e. The third-order valence-electron chi connectivity index (χ3n) is 2.83. The Balaban J connectivity index is 1.87. The molecule has 0 amide bonds. The minimum atomic E-state index is -3.66. The molecule has 9 heteroatoms. The second kappa shape index (κ2) is 5.78. The number of benzene rings is 1. The van der Waals surface area contributed by atoms with Crippen molar-refractivity contribution in [1.82, 2.24) is 20.2 Å². The van der Waals surface area contributed by atoms with Crippen molar-refractivity contribution < 1.29 is 8.42 Å². The Hall–Kier alpha value is -2.39. The molecular formula is C13H11N5O2S2. The van der Waals surface area contributed by atoms with Gasteiger partial charge in [0.1, 0.15) is 5.51 Å². The van der Waals surface area contributed by atoms with Gasteiger partial charge in [-0.15, -0.1) is 10.2 Å². The Labute approximate surface area is 131 Å². The molecule has 0 radical (unpaired) electrons. The van der Waals surface area contributed by atoms with E-state index in [1.165, 1.54) is 23.7 Å². The van der Waals surface area contributed by atoms with Gasteiger partial charge in [-0.25, -0.2) is 18.4 Å². The Kier molecular flexibility index (Phi) is 3.82. The highest BCUT2D eigenvalue weighted by Gasteiger charge is 2.19. The van der Waals surface area contributed by atoms with Crippen molar-refractivity contribution in [3.63, 3.8) is 0 Å². The smallest absolute Gasteiger partial charge is 0.225 e. The van der Waals surface area contributed by atoms with Crippen LogP contribution in [0.2, 0.25) is 0 Å². The summed E-state index contributed by atoms with van der Waals surface area (Å²) >= 11 is 1.31. The molecule has 0 spiro atoms. The molecule has 0 saturated carbocycles. The second-order valence-corrected chi connectivity index (χ2v) is 7.16. The molecule has 112 valence electrons. The molecule has 22 heavy (non-hydrogen) atoms. The minimum absolute atomic E-state index is 0.0980. The Morgan fingerprint density at radius 3 is 2.45 bits per heavy atom. The first kappa shape index (κ1) is 14.5. The first-order chi connectivity index (χ1) is 10.6. The van der Waals surface area contributed by atoms with Gasteiger partial charge in [-0.2, -0.15) is 0 Å². The number of hydrogen-bond donors (Lipinski definition) is 1. The number of nitrogens with one attached hydrogen (secondary N) is 1. The summed E-state index contributed by atoms with van der Waals surface area (Å²) in [6.07, 6.45) is 2.57. The van der Waals surface area contributed by atoms with E-state index >= 15 is 0 Å². The van der Waals surface area contributed by atoms with E-state index < -0.39 is 9.84 Å². The van der Waals surface area contributed by atoms with Crippen molar-refractivity contribution in [1.29, 1.82) is 0 Å². The Morgan fingerprint density at radius 2 is 1.86 bits per heavy atom. The summed E-state index contributed by atoms with van der Waals surface area (Å²) in [5.41, 5.74) is 2.56. The predicted octanol–water partition coefficient (Wildman–Crippen LogP) is 2.21. The van der Waals surface area contributed by atoms with Gasteiger partial charge in [0.2, 0.25) is 15.0 Å². The Bertz CT molecular complexity index is 860. The van der Waals surface area contributed by atoms with Crippen LogP contribution in [0.3, 0.4) is 0 Å². The zero-order valence-corrected chi connectivity index (χ0v) is 13.1. The van der Waals surface area contributed by atoms with Crippen molar-refractivity contribution >= 4 is 32.1 Å². The molecular weight excluding hydrogens is 322 g/mol. The van der Waals surface area contributed by atoms with Crippen LogP contribution in [-0.2, 0) is 9.84 Å². The summed E-state index contributed by atoms with van der Waals surface area (Å²) in [7, 11) is -3.66. The summed E-state index contributed by atoms with van der Waals surface area (Å²) in [6.45, 7) is 1.89. The maximum absolute atomic E-state index is 12.4. The van der Waals surface area contributed by atoms with Gasteiger partial charge in [-0.05, 0) is 19.1 Å². The molecule has 0 aliphatic carbocycles. The topological polar surface area (TPSA) is 97.7 Å². The van der Waals surface area contributed by atoms with Crippen LogP contribution in [0.5, 0.6) is 0 Å². The van der Waals surface area contributed by atoms with Crippen LogP contribution in [0.4, 0.5) is 10.9 Å². The van der Waals surface area contributed by atoms with E-state index in [2.05, 4.69) is 25.5 Å². The van der Waals surface area contributed by atoms with Gasteiger partial charge in [-0.3, -0.25) is 0 Å². The summed E-state index contributed by atoms with van der Waals surface area (Å²) in [6, 6.07) is 6.59. The maximum atomic E-state index is 12.4. The molecule has 2 aromatic heterocycles. The number of nitrogens with zero attached hydrogens (tertiary/aromatic N) is 4. The number of hydrogen-bond acceptors (Lipinski definition) is 8. The van der Waals surface area contributed by atoms with Gasteiger partial charge >= 0.3 is 0 Å². The molecule has 0 aliphatic heterocycles. The van der Waals surface area contributed by atoms with Gasteiger partial charge in [0.05, 0.1) is 17.3 Å². The van der Waals surface area contributed by atoms with E-state index in [9.17, 15) is 8.42 Å². The van der Waals surface area contributed by atoms with Crippen molar-refractivity contribution in [2.45, 2.75) is 16.8 Å². The first-order valence-corrected chi connectivity index (χ1v) is 8.59. The number of aromatic nitrogens is 4. The third-order valence-corrected chi connectivity index (χ3v) is 5.09. The molecule has 7 nitrogen and oxygen atoms in total. The zero-order valence-electron chi connectivity index (χ0n) is 11.5. The molecule has 2 heterocycles. The highest BCUT2D eigenvalue weighted by molar-refractivity contribution is 7.91. The lowest BCUT2D eigenvalue weighted by atomic mass is 10.2. The van der Waals surface area contributed by atoms with Crippen LogP contribution >= 0.6 is 11.3 Å². The molecule has 0 fully saturated rings. The molecule has 1 N–H and O–H groups in total. The summed E-state index contributed by atoms with van der Waals surface area (Å²) in [5, 5.41) is 10.8. The van der Waals surface area contributed by atoms with Gasteiger partial charge in [0.15, 0.2) is 10.8 Å². The highest BCUT2D eigenvalue weighted by Crippen LogP contribution is 2.20. The minimum Gasteiger partial charge on any atom is -0.313 e. The molecule has 1 aromatic carbocycles. The largest absolute Gasteiger partial charge is 0.313 e.